The van der Waals surface area contributed by atoms with Crippen LogP contribution in [-0.4, -0.2) is 49.2 Å². The van der Waals surface area contributed by atoms with E-state index >= 15 is 0 Å². The zero-order valence-corrected chi connectivity index (χ0v) is 21.4. The maximum absolute atomic E-state index is 13.4. The quantitative estimate of drug-likeness (QED) is 0.189. The van der Waals surface area contributed by atoms with Crippen molar-refractivity contribution >= 4 is 39.9 Å². The van der Waals surface area contributed by atoms with E-state index in [0.29, 0.717) is 46.9 Å². The Balaban J connectivity index is 1.88. The summed E-state index contributed by atoms with van der Waals surface area (Å²) in [5, 5.41) is 14.1. The van der Waals surface area contributed by atoms with Crippen molar-refractivity contribution in [3.8, 4) is 0 Å². The summed E-state index contributed by atoms with van der Waals surface area (Å²) in [7, 11) is 0. The predicted octanol–water partition coefficient (Wildman–Crippen LogP) is 4.54. The number of nitro benzene ring substituents is 1. The summed E-state index contributed by atoms with van der Waals surface area (Å²) in [6.45, 7) is 11.3. The molecule has 0 aliphatic rings. The van der Waals surface area contributed by atoms with Crippen LogP contribution in [0.25, 0.3) is 10.9 Å². The maximum atomic E-state index is 13.4. The molecule has 9 nitrogen and oxygen atoms in total. The first-order valence-corrected chi connectivity index (χ1v) is 12.4. The van der Waals surface area contributed by atoms with Gasteiger partial charge in [0.15, 0.2) is 5.16 Å². The number of rotatable bonds is 10. The number of carbonyl (C=O) groups excluding carboxylic acids is 1. The van der Waals surface area contributed by atoms with Crippen molar-refractivity contribution in [2.24, 2.45) is 0 Å². The zero-order chi connectivity index (χ0) is 25.7. The van der Waals surface area contributed by atoms with Crippen molar-refractivity contribution < 1.29 is 9.72 Å². The highest BCUT2D eigenvalue weighted by atomic mass is 32.2. The molecule has 0 spiro atoms. The van der Waals surface area contributed by atoms with Crippen LogP contribution >= 0.6 is 11.8 Å². The number of hydrogen-bond acceptors (Lipinski definition) is 7. The Hall–Kier alpha value is -3.24. The average molecular weight is 498 g/mol. The van der Waals surface area contributed by atoms with Gasteiger partial charge in [0, 0.05) is 43.0 Å². The molecule has 1 heterocycles. The third-order valence-electron chi connectivity index (χ3n) is 5.71. The summed E-state index contributed by atoms with van der Waals surface area (Å²) >= 11 is 1.19. The lowest BCUT2D eigenvalue weighted by molar-refractivity contribution is -0.384. The molecule has 0 saturated carbocycles. The number of hydrogen-bond donors (Lipinski definition) is 1. The Kier molecular flexibility index (Phi) is 8.63. The number of non-ortho nitro benzene ring substituents is 1. The molecule has 35 heavy (non-hydrogen) atoms. The van der Waals surface area contributed by atoms with Crippen molar-refractivity contribution in [2.45, 2.75) is 63.7 Å². The van der Waals surface area contributed by atoms with Crippen LogP contribution in [0, 0.1) is 10.1 Å². The number of fused-ring (bicyclic) bond motifs is 1. The molecule has 1 unspecified atom stereocenters. The fraction of sp³-hybridized carbons (Fsp3) is 0.400. The Morgan fingerprint density at radius 1 is 1.11 bits per heavy atom. The second kappa shape index (κ2) is 11.5. The van der Waals surface area contributed by atoms with Crippen LogP contribution in [0.5, 0.6) is 0 Å². The molecule has 0 fully saturated rings. The molecular formula is C25H31N5O4S. The molecule has 1 atom stereocenters. The summed E-state index contributed by atoms with van der Waals surface area (Å²) in [4.78, 5) is 43.8. The molecule has 2 aromatic carbocycles. The summed E-state index contributed by atoms with van der Waals surface area (Å²) < 4.78 is 1.64. The van der Waals surface area contributed by atoms with Gasteiger partial charge in [0.25, 0.3) is 11.2 Å². The molecule has 0 aliphatic carbocycles. The van der Waals surface area contributed by atoms with Gasteiger partial charge < -0.3 is 5.32 Å². The molecule has 1 N–H and O–H groups in total. The van der Waals surface area contributed by atoms with Gasteiger partial charge in [-0.15, -0.1) is 0 Å². The lowest BCUT2D eigenvalue weighted by atomic mass is 10.2. The van der Waals surface area contributed by atoms with E-state index in [-0.39, 0.29) is 17.2 Å². The highest BCUT2D eigenvalue weighted by molar-refractivity contribution is 8.00. The van der Waals surface area contributed by atoms with Gasteiger partial charge in [-0.05, 0) is 52.8 Å². The largest absolute Gasteiger partial charge is 0.325 e. The molecule has 3 aromatic rings. The minimum absolute atomic E-state index is 0.104. The first kappa shape index (κ1) is 26.4. The third kappa shape index (κ3) is 6.46. The van der Waals surface area contributed by atoms with Gasteiger partial charge in [-0.25, -0.2) is 4.98 Å². The smallest absolute Gasteiger partial charge is 0.271 e. The van der Waals surface area contributed by atoms with Gasteiger partial charge in [-0.3, -0.25) is 29.2 Å². The topological polar surface area (TPSA) is 110 Å². The molecule has 1 amide bonds. The number of thioether (sulfide) groups is 1. The number of benzene rings is 2. The second-order valence-corrected chi connectivity index (χ2v) is 10.2. The fourth-order valence-corrected chi connectivity index (χ4v) is 4.85. The standard InChI is InChI=1S/C25H31N5O4S/c1-16(2)28(17(3)4)13-14-29-24(32)21-11-6-7-12-22(21)27-25(29)35-18(5)23(31)26-19-9-8-10-20(15-19)30(33)34/h6-12,15-18H,13-14H2,1-5H3,(H,26,31). The van der Waals surface area contributed by atoms with Gasteiger partial charge in [0.05, 0.1) is 21.1 Å². The number of para-hydroxylation sites is 1. The van der Waals surface area contributed by atoms with E-state index in [1.165, 1.54) is 30.0 Å². The van der Waals surface area contributed by atoms with Crippen molar-refractivity contribution in [3.05, 3.63) is 69.0 Å². The Morgan fingerprint density at radius 3 is 2.46 bits per heavy atom. The van der Waals surface area contributed by atoms with E-state index in [0.717, 1.165) is 0 Å². The summed E-state index contributed by atoms with van der Waals surface area (Å²) in [6, 6.07) is 13.6. The van der Waals surface area contributed by atoms with Crippen LogP contribution in [0.1, 0.15) is 34.6 Å². The molecule has 1 aromatic heterocycles. The fourth-order valence-electron chi connectivity index (χ4n) is 3.92. The van der Waals surface area contributed by atoms with E-state index in [1.807, 2.05) is 12.1 Å². The number of nitrogens with one attached hydrogen (secondary N) is 1. The predicted molar refractivity (Wildman–Crippen MR) is 140 cm³/mol. The van der Waals surface area contributed by atoms with E-state index in [2.05, 4.69) is 37.9 Å². The SMILES string of the molecule is CC(Sc1nc2ccccc2c(=O)n1CCN(C(C)C)C(C)C)C(=O)Nc1cccc([N+](=O)[O-])c1. The maximum Gasteiger partial charge on any atom is 0.271 e. The van der Waals surface area contributed by atoms with Gasteiger partial charge in [-0.1, -0.05) is 30.0 Å². The molecule has 0 radical (unpaired) electrons. The molecule has 0 bridgehead atoms. The van der Waals surface area contributed by atoms with Gasteiger partial charge in [-0.2, -0.15) is 0 Å². The van der Waals surface area contributed by atoms with Crippen molar-refractivity contribution in [2.75, 3.05) is 11.9 Å². The van der Waals surface area contributed by atoms with E-state index in [9.17, 15) is 19.7 Å². The number of anilines is 1. The Morgan fingerprint density at radius 2 is 1.80 bits per heavy atom. The number of aromatic nitrogens is 2. The van der Waals surface area contributed by atoms with Crippen LogP contribution in [-0.2, 0) is 11.3 Å². The normalized spacial score (nSPS) is 12.5. The molecule has 10 heteroatoms. The van der Waals surface area contributed by atoms with Crippen LogP contribution < -0.4 is 10.9 Å². The van der Waals surface area contributed by atoms with Gasteiger partial charge in [0.2, 0.25) is 5.91 Å². The summed E-state index contributed by atoms with van der Waals surface area (Å²) in [5.41, 5.74) is 0.669. The average Bonchev–Trinajstić information content (AvgIpc) is 2.80. The van der Waals surface area contributed by atoms with Crippen LogP contribution in [0.4, 0.5) is 11.4 Å². The minimum Gasteiger partial charge on any atom is -0.325 e. The van der Waals surface area contributed by atoms with Crippen LogP contribution in [0.2, 0.25) is 0 Å². The zero-order valence-electron chi connectivity index (χ0n) is 20.6. The second-order valence-electron chi connectivity index (χ2n) is 8.85. The van der Waals surface area contributed by atoms with Crippen molar-refractivity contribution in [1.29, 1.82) is 0 Å². The highest BCUT2D eigenvalue weighted by Crippen LogP contribution is 2.25. The number of nitro groups is 1. The lowest BCUT2D eigenvalue weighted by Crippen LogP contribution is -2.40. The monoisotopic (exact) mass is 497 g/mol. The molecule has 186 valence electrons. The van der Waals surface area contributed by atoms with E-state index < -0.39 is 10.2 Å². The first-order chi connectivity index (χ1) is 16.6. The number of nitrogens with zero attached hydrogens (tertiary/aromatic N) is 4. The van der Waals surface area contributed by atoms with Crippen LogP contribution in [0.15, 0.2) is 58.5 Å². The first-order valence-electron chi connectivity index (χ1n) is 11.6. The highest BCUT2D eigenvalue weighted by Gasteiger charge is 2.21. The lowest BCUT2D eigenvalue weighted by Gasteiger charge is -2.31. The van der Waals surface area contributed by atoms with E-state index in [1.54, 1.807) is 29.7 Å². The molecule has 0 aliphatic heterocycles. The number of carbonyl (C=O) groups is 1. The van der Waals surface area contributed by atoms with Crippen molar-refractivity contribution in [1.82, 2.24) is 14.5 Å². The Bertz CT molecular complexity index is 1270. The molecule has 3 rings (SSSR count). The van der Waals surface area contributed by atoms with E-state index in [4.69, 9.17) is 4.98 Å². The third-order valence-corrected chi connectivity index (χ3v) is 6.80. The summed E-state index contributed by atoms with van der Waals surface area (Å²) in [6.07, 6.45) is 0. The Labute approximate surface area is 208 Å². The molecule has 0 saturated heterocycles. The van der Waals surface area contributed by atoms with Crippen LogP contribution in [0.3, 0.4) is 0 Å². The number of amides is 1. The minimum atomic E-state index is -0.597. The van der Waals surface area contributed by atoms with Crippen molar-refractivity contribution in [3.63, 3.8) is 0 Å². The molecular weight excluding hydrogens is 466 g/mol. The van der Waals surface area contributed by atoms with Gasteiger partial charge in [0.1, 0.15) is 0 Å². The summed E-state index contributed by atoms with van der Waals surface area (Å²) in [5.74, 6) is -0.338. The van der Waals surface area contributed by atoms with Gasteiger partial charge >= 0.3 is 0 Å².